The Hall–Kier alpha value is -1.80. The predicted octanol–water partition coefficient (Wildman–Crippen LogP) is 0.994. The smallest absolute Gasteiger partial charge is 0.234 e. The van der Waals surface area contributed by atoms with Gasteiger partial charge in [-0.25, -0.2) is 4.98 Å². The van der Waals surface area contributed by atoms with E-state index in [0.717, 1.165) is 22.8 Å². The number of hydrogen-bond donors (Lipinski definition) is 2. The topological polar surface area (TPSA) is 85.0 Å². The lowest BCUT2D eigenvalue weighted by molar-refractivity contribution is -0.113. The Labute approximate surface area is 127 Å². The van der Waals surface area contributed by atoms with E-state index in [4.69, 9.17) is 5.11 Å². The van der Waals surface area contributed by atoms with Crippen LogP contribution in [0.2, 0.25) is 0 Å². The minimum atomic E-state index is -0.104. The molecule has 0 fully saturated rings. The lowest BCUT2D eigenvalue weighted by Gasteiger charge is -2.06. The molecule has 0 bridgehead atoms. The van der Waals surface area contributed by atoms with Gasteiger partial charge >= 0.3 is 0 Å². The summed E-state index contributed by atoms with van der Waals surface area (Å²) in [4.78, 5) is 16.2. The summed E-state index contributed by atoms with van der Waals surface area (Å²) < 4.78 is 3.52. The lowest BCUT2D eigenvalue weighted by Crippen LogP contribution is -2.15. The van der Waals surface area contributed by atoms with Gasteiger partial charge in [-0.2, -0.15) is 5.10 Å². The number of carbonyl (C=O) groups excluding carboxylic acids is 1. The van der Waals surface area contributed by atoms with Gasteiger partial charge in [0.2, 0.25) is 5.91 Å². The maximum atomic E-state index is 12.0. The molecule has 2 N–H and O–H groups in total. The van der Waals surface area contributed by atoms with Crippen molar-refractivity contribution < 1.29 is 9.90 Å². The zero-order chi connectivity index (χ0) is 15.6. The number of hydrogen-bond acceptors (Lipinski definition) is 5. The molecule has 2 heterocycles. The molecule has 0 aliphatic heterocycles. The molecule has 0 spiro atoms. The highest BCUT2D eigenvalue weighted by Gasteiger charge is 2.14. The monoisotopic (exact) mass is 309 g/mol. The predicted molar refractivity (Wildman–Crippen MR) is 81.2 cm³/mol. The van der Waals surface area contributed by atoms with Crippen LogP contribution in [-0.4, -0.2) is 36.1 Å². The van der Waals surface area contributed by atoms with Crippen molar-refractivity contribution in [2.75, 3.05) is 11.1 Å². The van der Waals surface area contributed by atoms with E-state index >= 15 is 0 Å². The lowest BCUT2D eigenvalue weighted by atomic mass is 10.3. The number of aliphatic hydroxyl groups is 1. The highest BCUT2D eigenvalue weighted by atomic mass is 32.2. The molecular weight excluding hydrogens is 290 g/mol. The number of aromatic nitrogens is 4. The van der Waals surface area contributed by atoms with Crippen LogP contribution in [0.1, 0.15) is 17.1 Å². The van der Waals surface area contributed by atoms with Crippen LogP contribution in [0.25, 0.3) is 0 Å². The van der Waals surface area contributed by atoms with E-state index in [1.54, 1.807) is 15.4 Å². The van der Waals surface area contributed by atoms with Gasteiger partial charge in [0.15, 0.2) is 5.16 Å². The average molecular weight is 309 g/mol. The van der Waals surface area contributed by atoms with Crippen LogP contribution in [0.15, 0.2) is 11.4 Å². The Kier molecular flexibility index (Phi) is 4.69. The molecule has 0 radical (unpaired) electrons. The first-order valence-corrected chi connectivity index (χ1v) is 7.47. The van der Waals surface area contributed by atoms with Crippen molar-refractivity contribution in [2.45, 2.75) is 25.6 Å². The van der Waals surface area contributed by atoms with Crippen molar-refractivity contribution >= 4 is 23.4 Å². The first-order valence-electron chi connectivity index (χ1n) is 6.48. The van der Waals surface area contributed by atoms with Crippen LogP contribution in [0.4, 0.5) is 5.69 Å². The van der Waals surface area contributed by atoms with E-state index in [1.807, 2.05) is 27.9 Å². The van der Waals surface area contributed by atoms with Gasteiger partial charge in [-0.05, 0) is 13.8 Å². The van der Waals surface area contributed by atoms with Crippen LogP contribution in [0.5, 0.6) is 0 Å². The summed E-state index contributed by atoms with van der Waals surface area (Å²) in [7, 11) is 3.66. The number of aliphatic hydroxyl groups excluding tert-OH is 1. The van der Waals surface area contributed by atoms with Crippen molar-refractivity contribution in [2.24, 2.45) is 14.1 Å². The van der Waals surface area contributed by atoms with Crippen molar-refractivity contribution in [3.63, 3.8) is 0 Å². The number of anilines is 1. The minimum absolute atomic E-state index is 0.0651. The molecule has 0 unspecified atom stereocenters. The van der Waals surface area contributed by atoms with Crippen LogP contribution in [0, 0.1) is 13.8 Å². The number of amides is 1. The van der Waals surface area contributed by atoms with Crippen LogP contribution in [0.3, 0.4) is 0 Å². The molecule has 2 aromatic heterocycles. The zero-order valence-corrected chi connectivity index (χ0v) is 13.4. The Morgan fingerprint density at radius 1 is 1.43 bits per heavy atom. The molecule has 1 amide bonds. The fourth-order valence-electron chi connectivity index (χ4n) is 1.97. The molecule has 2 rings (SSSR count). The molecule has 7 nitrogen and oxygen atoms in total. The number of carbonyl (C=O) groups is 1. The summed E-state index contributed by atoms with van der Waals surface area (Å²) in [5, 5.41) is 17.0. The van der Waals surface area contributed by atoms with Crippen LogP contribution < -0.4 is 5.32 Å². The van der Waals surface area contributed by atoms with Gasteiger partial charge < -0.3 is 15.0 Å². The molecule has 0 atom stereocenters. The van der Waals surface area contributed by atoms with Crippen LogP contribution in [-0.2, 0) is 25.5 Å². The molecule has 0 aromatic carbocycles. The Bertz CT molecular complexity index is 662. The van der Waals surface area contributed by atoms with E-state index in [2.05, 4.69) is 15.4 Å². The molecule has 0 saturated carbocycles. The summed E-state index contributed by atoms with van der Waals surface area (Å²) in [5.41, 5.74) is 3.20. The van der Waals surface area contributed by atoms with Gasteiger partial charge in [-0.15, -0.1) is 0 Å². The number of nitrogens with one attached hydrogen (secondary N) is 1. The summed E-state index contributed by atoms with van der Waals surface area (Å²) in [6.07, 6.45) is 1.61. The maximum Gasteiger partial charge on any atom is 0.234 e. The second-order valence-electron chi connectivity index (χ2n) is 4.76. The molecule has 2 aromatic rings. The van der Waals surface area contributed by atoms with Crippen molar-refractivity contribution in [1.82, 2.24) is 19.3 Å². The summed E-state index contributed by atoms with van der Waals surface area (Å²) >= 11 is 1.33. The number of nitrogens with zero attached hydrogens (tertiary/aromatic N) is 4. The molecule has 21 heavy (non-hydrogen) atoms. The largest absolute Gasteiger partial charge is 0.390 e. The van der Waals surface area contributed by atoms with Crippen LogP contribution >= 0.6 is 11.8 Å². The van der Waals surface area contributed by atoms with Crippen molar-refractivity contribution in [3.8, 4) is 0 Å². The highest BCUT2D eigenvalue weighted by molar-refractivity contribution is 7.99. The second-order valence-corrected chi connectivity index (χ2v) is 5.70. The number of rotatable bonds is 5. The van der Waals surface area contributed by atoms with E-state index in [-0.39, 0.29) is 18.3 Å². The first kappa shape index (κ1) is 15.6. The molecule has 0 saturated heterocycles. The summed E-state index contributed by atoms with van der Waals surface area (Å²) in [6, 6.07) is 0. The third kappa shape index (κ3) is 3.27. The van der Waals surface area contributed by atoms with Gasteiger partial charge in [-0.3, -0.25) is 9.48 Å². The quantitative estimate of drug-likeness (QED) is 0.805. The van der Waals surface area contributed by atoms with Crippen molar-refractivity contribution in [1.29, 1.82) is 0 Å². The van der Waals surface area contributed by atoms with E-state index in [1.165, 1.54) is 11.8 Å². The molecular formula is C13H19N5O2S. The standard InChI is InChI=1S/C13H19N5O2S/c1-8-12(9(2)18(4)16-8)15-11(20)7-21-13-14-5-10(6-19)17(13)3/h5,19H,6-7H2,1-4H3,(H,15,20). The fraction of sp³-hybridized carbons (Fsp3) is 0.462. The molecule has 0 aliphatic rings. The van der Waals surface area contributed by atoms with E-state index in [0.29, 0.717) is 5.16 Å². The second kappa shape index (κ2) is 6.31. The third-order valence-electron chi connectivity index (χ3n) is 3.31. The average Bonchev–Trinajstić information content (AvgIpc) is 2.91. The Morgan fingerprint density at radius 2 is 2.14 bits per heavy atom. The maximum absolute atomic E-state index is 12.0. The molecule has 0 aliphatic carbocycles. The molecule has 114 valence electrons. The Morgan fingerprint density at radius 3 is 2.67 bits per heavy atom. The number of aryl methyl sites for hydroxylation is 2. The fourth-order valence-corrected chi connectivity index (χ4v) is 2.74. The zero-order valence-electron chi connectivity index (χ0n) is 12.5. The number of imidazole rings is 1. The van der Waals surface area contributed by atoms with Gasteiger partial charge in [0.25, 0.3) is 0 Å². The summed E-state index contributed by atoms with van der Waals surface area (Å²) in [5.74, 6) is 0.150. The number of thioether (sulfide) groups is 1. The van der Waals surface area contributed by atoms with E-state index in [9.17, 15) is 4.79 Å². The van der Waals surface area contributed by atoms with Gasteiger partial charge in [0.05, 0.1) is 41.3 Å². The SMILES string of the molecule is Cc1nn(C)c(C)c1NC(=O)CSc1ncc(CO)n1C. The molecule has 8 heteroatoms. The van der Waals surface area contributed by atoms with Gasteiger partial charge in [0.1, 0.15) is 0 Å². The van der Waals surface area contributed by atoms with Gasteiger partial charge in [0, 0.05) is 14.1 Å². The Balaban J connectivity index is 1.97. The highest BCUT2D eigenvalue weighted by Crippen LogP contribution is 2.20. The first-order chi connectivity index (χ1) is 9.93. The van der Waals surface area contributed by atoms with Gasteiger partial charge in [-0.1, -0.05) is 11.8 Å². The normalized spacial score (nSPS) is 10.9. The third-order valence-corrected chi connectivity index (χ3v) is 4.35. The minimum Gasteiger partial charge on any atom is -0.390 e. The van der Waals surface area contributed by atoms with Crippen molar-refractivity contribution in [3.05, 3.63) is 23.3 Å². The van der Waals surface area contributed by atoms with E-state index < -0.39 is 0 Å². The summed E-state index contributed by atoms with van der Waals surface area (Å²) in [6.45, 7) is 3.71.